The third kappa shape index (κ3) is 3.27. The van der Waals surface area contributed by atoms with Gasteiger partial charge in [-0.3, -0.25) is 4.90 Å². The van der Waals surface area contributed by atoms with E-state index < -0.39 is 0 Å². The molecular formula is C12H19FN2O. The number of hydrogen-bond acceptors (Lipinski definition) is 3. The molecule has 3 nitrogen and oxygen atoms in total. The Morgan fingerprint density at radius 3 is 2.69 bits per heavy atom. The molecule has 0 heterocycles. The molecule has 0 saturated carbocycles. The van der Waals surface area contributed by atoms with Crippen LogP contribution in [0, 0.1) is 5.82 Å². The molecule has 1 rings (SSSR count). The molecule has 0 radical (unpaired) electrons. The van der Waals surface area contributed by atoms with Gasteiger partial charge in [-0.2, -0.15) is 0 Å². The summed E-state index contributed by atoms with van der Waals surface area (Å²) in [6.45, 7) is 2.46. The van der Waals surface area contributed by atoms with Crippen LogP contribution in [0.1, 0.15) is 18.5 Å². The van der Waals surface area contributed by atoms with Gasteiger partial charge >= 0.3 is 0 Å². The first-order valence-corrected chi connectivity index (χ1v) is 5.38. The fraction of sp³-hybridized carbons (Fsp3) is 0.500. The molecule has 0 fully saturated rings. The molecule has 3 N–H and O–H groups in total. The predicted octanol–water partition coefficient (Wildman–Crippen LogP) is 1.14. The molecule has 16 heavy (non-hydrogen) atoms. The first-order chi connectivity index (χ1) is 7.56. The van der Waals surface area contributed by atoms with Crippen LogP contribution in [0.15, 0.2) is 24.3 Å². The van der Waals surface area contributed by atoms with Gasteiger partial charge in [-0.05, 0) is 31.7 Å². The number of aliphatic hydroxyl groups excluding tert-OH is 1. The second-order valence-corrected chi connectivity index (χ2v) is 4.06. The van der Waals surface area contributed by atoms with E-state index in [1.54, 1.807) is 6.07 Å². The van der Waals surface area contributed by atoms with Crippen LogP contribution in [-0.4, -0.2) is 36.2 Å². The van der Waals surface area contributed by atoms with Crippen LogP contribution in [0.5, 0.6) is 0 Å². The highest BCUT2D eigenvalue weighted by atomic mass is 19.1. The van der Waals surface area contributed by atoms with E-state index in [1.165, 1.54) is 12.1 Å². The molecule has 0 aliphatic carbocycles. The molecule has 0 aliphatic rings. The summed E-state index contributed by atoms with van der Waals surface area (Å²) in [4.78, 5) is 1.93. The molecular weight excluding hydrogens is 207 g/mol. The number of benzene rings is 1. The van der Waals surface area contributed by atoms with Gasteiger partial charge in [0, 0.05) is 18.6 Å². The second kappa shape index (κ2) is 5.94. The van der Waals surface area contributed by atoms with Gasteiger partial charge in [0.15, 0.2) is 0 Å². The predicted molar refractivity (Wildman–Crippen MR) is 62.5 cm³/mol. The van der Waals surface area contributed by atoms with Crippen molar-refractivity contribution in [2.24, 2.45) is 5.73 Å². The maximum Gasteiger partial charge on any atom is 0.123 e. The Morgan fingerprint density at radius 1 is 1.50 bits per heavy atom. The Bertz CT molecular complexity index is 331. The standard InChI is InChI=1S/C12H19FN2O/c1-9(14)12(15(2)6-7-16)10-4-3-5-11(13)8-10/h3-5,8-9,12,16H,6-7,14H2,1-2H3. The van der Waals surface area contributed by atoms with Gasteiger partial charge in [0.1, 0.15) is 5.82 Å². The molecule has 1 aromatic carbocycles. The van der Waals surface area contributed by atoms with E-state index in [0.717, 1.165) is 5.56 Å². The van der Waals surface area contributed by atoms with Gasteiger partial charge in [0.05, 0.1) is 6.61 Å². The maximum absolute atomic E-state index is 13.1. The monoisotopic (exact) mass is 226 g/mol. The van der Waals surface area contributed by atoms with Gasteiger partial charge in [-0.15, -0.1) is 0 Å². The van der Waals surface area contributed by atoms with Crippen LogP contribution in [-0.2, 0) is 0 Å². The fourth-order valence-electron chi connectivity index (χ4n) is 1.95. The van der Waals surface area contributed by atoms with Gasteiger partial charge in [-0.1, -0.05) is 12.1 Å². The number of halogens is 1. The fourth-order valence-corrected chi connectivity index (χ4v) is 1.95. The number of hydrogen-bond donors (Lipinski definition) is 2. The third-order valence-corrected chi connectivity index (χ3v) is 2.62. The van der Waals surface area contributed by atoms with E-state index in [2.05, 4.69) is 0 Å². The topological polar surface area (TPSA) is 49.5 Å². The molecule has 1 aromatic rings. The van der Waals surface area contributed by atoms with Crippen LogP contribution < -0.4 is 5.73 Å². The molecule has 0 aromatic heterocycles. The van der Waals surface area contributed by atoms with Crippen molar-refractivity contribution in [2.75, 3.05) is 20.2 Å². The van der Waals surface area contributed by atoms with Crippen molar-refractivity contribution in [1.29, 1.82) is 0 Å². The largest absolute Gasteiger partial charge is 0.395 e. The first-order valence-electron chi connectivity index (χ1n) is 5.38. The summed E-state index contributed by atoms with van der Waals surface area (Å²) in [5.41, 5.74) is 6.74. The Balaban J connectivity index is 2.93. The Hall–Kier alpha value is -0.970. The number of nitrogens with two attached hydrogens (primary N) is 1. The normalized spacial score (nSPS) is 15.1. The van der Waals surface area contributed by atoms with Crippen LogP contribution >= 0.6 is 0 Å². The lowest BCUT2D eigenvalue weighted by Gasteiger charge is -2.31. The van der Waals surface area contributed by atoms with Crippen molar-refractivity contribution in [3.8, 4) is 0 Å². The maximum atomic E-state index is 13.1. The summed E-state index contributed by atoms with van der Waals surface area (Å²) in [5, 5.41) is 8.91. The molecule has 2 unspecified atom stereocenters. The number of aliphatic hydroxyl groups is 1. The van der Waals surface area contributed by atoms with Gasteiger partial charge in [0.25, 0.3) is 0 Å². The lowest BCUT2D eigenvalue weighted by atomic mass is 9.99. The summed E-state index contributed by atoms with van der Waals surface area (Å²) in [6, 6.07) is 6.22. The second-order valence-electron chi connectivity index (χ2n) is 4.06. The highest BCUT2D eigenvalue weighted by Gasteiger charge is 2.20. The van der Waals surface area contributed by atoms with Gasteiger partial charge in [0.2, 0.25) is 0 Å². The minimum absolute atomic E-state index is 0.0645. The smallest absolute Gasteiger partial charge is 0.123 e. The Kier molecular flexibility index (Phi) is 4.86. The zero-order valence-corrected chi connectivity index (χ0v) is 9.73. The van der Waals surface area contributed by atoms with Crippen LogP contribution in [0.2, 0.25) is 0 Å². The zero-order valence-electron chi connectivity index (χ0n) is 9.73. The lowest BCUT2D eigenvalue weighted by Crippen LogP contribution is -2.38. The number of likely N-dealkylation sites (N-methyl/N-ethyl adjacent to an activating group) is 1. The minimum Gasteiger partial charge on any atom is -0.395 e. The van der Waals surface area contributed by atoms with Crippen molar-refractivity contribution in [1.82, 2.24) is 4.90 Å². The van der Waals surface area contributed by atoms with E-state index >= 15 is 0 Å². The summed E-state index contributed by atoms with van der Waals surface area (Å²) in [7, 11) is 1.87. The van der Waals surface area contributed by atoms with Crippen molar-refractivity contribution < 1.29 is 9.50 Å². The van der Waals surface area contributed by atoms with Crippen LogP contribution in [0.3, 0.4) is 0 Å². The van der Waals surface area contributed by atoms with E-state index in [4.69, 9.17) is 10.8 Å². The van der Waals surface area contributed by atoms with Crippen molar-refractivity contribution in [3.05, 3.63) is 35.6 Å². The molecule has 0 amide bonds. The van der Waals surface area contributed by atoms with Crippen molar-refractivity contribution in [2.45, 2.75) is 19.0 Å². The van der Waals surface area contributed by atoms with E-state index in [9.17, 15) is 4.39 Å². The first kappa shape index (κ1) is 13.1. The molecule has 0 aliphatic heterocycles. The average Bonchev–Trinajstić information content (AvgIpc) is 2.17. The zero-order chi connectivity index (χ0) is 12.1. The van der Waals surface area contributed by atoms with E-state index in [0.29, 0.717) is 6.54 Å². The lowest BCUT2D eigenvalue weighted by molar-refractivity contribution is 0.167. The Morgan fingerprint density at radius 2 is 2.19 bits per heavy atom. The van der Waals surface area contributed by atoms with Gasteiger partial charge in [-0.25, -0.2) is 4.39 Å². The molecule has 4 heteroatoms. The quantitative estimate of drug-likeness (QED) is 0.791. The molecule has 2 atom stereocenters. The highest BCUT2D eigenvalue weighted by Crippen LogP contribution is 2.22. The van der Waals surface area contributed by atoms with Crippen molar-refractivity contribution >= 4 is 0 Å². The van der Waals surface area contributed by atoms with Gasteiger partial charge < -0.3 is 10.8 Å². The Labute approximate surface area is 95.7 Å². The molecule has 90 valence electrons. The van der Waals surface area contributed by atoms with Crippen LogP contribution in [0.25, 0.3) is 0 Å². The number of nitrogens with zero attached hydrogens (tertiary/aromatic N) is 1. The summed E-state index contributed by atoms with van der Waals surface area (Å²) < 4.78 is 13.1. The average molecular weight is 226 g/mol. The highest BCUT2D eigenvalue weighted by molar-refractivity contribution is 5.21. The third-order valence-electron chi connectivity index (χ3n) is 2.62. The van der Waals surface area contributed by atoms with Crippen LogP contribution in [0.4, 0.5) is 4.39 Å². The summed E-state index contributed by atoms with van der Waals surface area (Å²) in [5.74, 6) is -0.263. The molecule has 0 bridgehead atoms. The molecule has 0 spiro atoms. The molecule has 0 saturated heterocycles. The minimum atomic E-state index is -0.263. The summed E-state index contributed by atoms with van der Waals surface area (Å²) in [6.07, 6.45) is 0. The number of rotatable bonds is 5. The summed E-state index contributed by atoms with van der Waals surface area (Å²) >= 11 is 0. The SMILES string of the molecule is CC(N)C(c1cccc(F)c1)N(C)CCO. The van der Waals surface area contributed by atoms with Crippen molar-refractivity contribution in [3.63, 3.8) is 0 Å². The van der Waals surface area contributed by atoms with E-state index in [1.807, 2.05) is 24.9 Å². The van der Waals surface area contributed by atoms with E-state index in [-0.39, 0.29) is 24.5 Å².